The van der Waals surface area contributed by atoms with Crippen molar-refractivity contribution in [3.63, 3.8) is 0 Å². The van der Waals surface area contributed by atoms with Gasteiger partial charge in [0.1, 0.15) is 5.75 Å². The zero-order valence-corrected chi connectivity index (χ0v) is 25.3. The highest BCUT2D eigenvalue weighted by Gasteiger charge is 2.59. The third-order valence-corrected chi connectivity index (χ3v) is 10.4. The van der Waals surface area contributed by atoms with Gasteiger partial charge in [-0.1, -0.05) is 47.0 Å². The molecule has 1 aromatic rings. The van der Waals surface area contributed by atoms with Gasteiger partial charge in [0.05, 0.1) is 35.1 Å². The third-order valence-electron chi connectivity index (χ3n) is 8.08. The molecule has 1 aliphatic carbocycles. The van der Waals surface area contributed by atoms with E-state index in [1.54, 1.807) is 6.92 Å². The van der Waals surface area contributed by atoms with Gasteiger partial charge < -0.3 is 14.5 Å². The summed E-state index contributed by atoms with van der Waals surface area (Å²) in [5.74, 6) is -1.24. The van der Waals surface area contributed by atoms with Gasteiger partial charge in [-0.3, -0.25) is 9.59 Å². The fraction of sp³-hybridized carbons (Fsp3) is 0.704. The van der Waals surface area contributed by atoms with Crippen LogP contribution < -0.4 is 14.8 Å². The number of Topliss-reactive ketones (excluding diaryl/α,β-unsaturated/α-hetero) is 1. The minimum absolute atomic E-state index is 0.0377. The Hall–Kier alpha value is -1.75. The molecule has 2 aliphatic rings. The van der Waals surface area contributed by atoms with E-state index in [1.807, 2.05) is 40.8 Å². The number of ether oxygens (including phenoxy) is 1. The van der Waals surface area contributed by atoms with E-state index in [4.69, 9.17) is 9.16 Å². The molecular weight excluding hydrogens is 508 g/mol. The number of methoxy groups -OCH3 is 1. The molecule has 207 valence electrons. The first-order chi connectivity index (χ1) is 17.1. The van der Waals surface area contributed by atoms with E-state index < -0.39 is 42.5 Å². The molecule has 2 N–H and O–H groups in total. The van der Waals surface area contributed by atoms with Crippen LogP contribution in [0.1, 0.15) is 77.1 Å². The van der Waals surface area contributed by atoms with Crippen molar-refractivity contribution >= 4 is 30.8 Å². The van der Waals surface area contributed by atoms with Crippen molar-refractivity contribution in [1.82, 2.24) is 10.0 Å². The number of β-lactam (4-membered cyclic amide) rings is 1. The van der Waals surface area contributed by atoms with Gasteiger partial charge in [-0.2, -0.15) is 0 Å². The van der Waals surface area contributed by atoms with Gasteiger partial charge in [0.15, 0.2) is 5.78 Å². The van der Waals surface area contributed by atoms with Gasteiger partial charge in [-0.25, -0.2) is 13.1 Å². The number of ketones is 1. The number of rotatable bonds is 10. The highest BCUT2D eigenvalue weighted by molar-refractivity contribution is 7.89. The van der Waals surface area contributed by atoms with Gasteiger partial charge in [0.2, 0.25) is 25.0 Å². The molecule has 1 radical (unpaired) electrons. The lowest BCUT2D eigenvalue weighted by Crippen LogP contribution is -2.72. The van der Waals surface area contributed by atoms with Crippen LogP contribution in [0.25, 0.3) is 0 Å². The van der Waals surface area contributed by atoms with Gasteiger partial charge in [-0.15, -0.1) is 0 Å². The number of carbonyl (C=O) groups excluding carboxylic acids is 2. The second-order valence-electron chi connectivity index (χ2n) is 11.9. The minimum Gasteiger partial charge on any atom is -0.496 e. The van der Waals surface area contributed by atoms with Crippen LogP contribution in [-0.4, -0.2) is 53.9 Å². The van der Waals surface area contributed by atoms with Crippen LogP contribution in [0.3, 0.4) is 0 Å². The third kappa shape index (κ3) is 6.13. The molecule has 0 unspecified atom stereocenters. The van der Waals surface area contributed by atoms with Crippen LogP contribution in [-0.2, 0) is 19.2 Å². The zero-order valence-electron chi connectivity index (χ0n) is 23.4. The highest BCUT2D eigenvalue weighted by Crippen LogP contribution is 2.46. The first-order valence-corrected chi connectivity index (χ1v) is 17.1. The van der Waals surface area contributed by atoms with E-state index in [2.05, 4.69) is 10.0 Å². The fourth-order valence-corrected chi connectivity index (χ4v) is 8.09. The number of amides is 1. The lowest BCUT2D eigenvalue weighted by molar-refractivity contribution is -0.161. The Bertz CT molecular complexity index is 1110. The lowest BCUT2D eigenvalue weighted by atomic mass is 9.62. The SMILES string of the molecule is COc1ccc(S(=O)(=O)NC2CCCCC2)cc1C(=O)[C@H](C)[C@H]1NC(=O)[C@@H]1[C@@](C)(O[Si](C)C)C(C)(C)C. The predicted octanol–water partition coefficient (Wildman–Crippen LogP) is 4.31. The molecule has 1 saturated heterocycles. The fourth-order valence-electron chi connectivity index (χ4n) is 5.48. The Morgan fingerprint density at radius 1 is 1.14 bits per heavy atom. The molecule has 10 heteroatoms. The summed E-state index contributed by atoms with van der Waals surface area (Å²) in [6.07, 6.45) is 4.75. The smallest absolute Gasteiger partial charge is 0.240 e. The molecule has 1 amide bonds. The van der Waals surface area contributed by atoms with Gasteiger partial charge in [0.25, 0.3) is 0 Å². The summed E-state index contributed by atoms with van der Waals surface area (Å²) in [7, 11) is -3.48. The Kier molecular flexibility index (Phi) is 8.99. The molecule has 1 aromatic carbocycles. The molecule has 8 nitrogen and oxygen atoms in total. The minimum atomic E-state index is -3.80. The molecule has 3 rings (SSSR count). The standard InChI is InChI=1S/C27H43N2O6SSi/c1-17(23-22(25(31)28-23)27(5,26(2,3)4)35-37(7)8)24(30)20-16-19(14-15-21(20)34-6)36(32,33)29-18-12-10-9-11-13-18/h14-18,22-23,29H,9-13H2,1-8H3,(H,28,31)/t17-,22-,23-,27-/m1/s1. The van der Waals surface area contributed by atoms with Crippen LogP contribution >= 0.6 is 0 Å². The molecule has 1 saturated carbocycles. The van der Waals surface area contributed by atoms with E-state index in [0.717, 1.165) is 32.1 Å². The first-order valence-electron chi connectivity index (χ1n) is 13.2. The van der Waals surface area contributed by atoms with Crippen molar-refractivity contribution in [1.29, 1.82) is 0 Å². The maximum atomic E-state index is 13.8. The summed E-state index contributed by atoms with van der Waals surface area (Å²) in [6, 6.07) is 3.85. The Morgan fingerprint density at radius 2 is 1.76 bits per heavy atom. The highest BCUT2D eigenvalue weighted by atomic mass is 32.2. The van der Waals surface area contributed by atoms with E-state index in [1.165, 1.54) is 25.3 Å². The van der Waals surface area contributed by atoms with E-state index in [-0.39, 0.29) is 33.6 Å². The van der Waals surface area contributed by atoms with E-state index in [0.29, 0.717) is 5.75 Å². The van der Waals surface area contributed by atoms with Crippen LogP contribution in [0.5, 0.6) is 5.75 Å². The summed E-state index contributed by atoms with van der Waals surface area (Å²) in [5.41, 5.74) is -0.934. The summed E-state index contributed by atoms with van der Waals surface area (Å²) >= 11 is 0. The summed E-state index contributed by atoms with van der Waals surface area (Å²) in [6.45, 7) is 13.9. The number of benzene rings is 1. The maximum absolute atomic E-state index is 13.8. The van der Waals surface area contributed by atoms with Crippen molar-refractivity contribution in [2.75, 3.05) is 7.11 Å². The topological polar surface area (TPSA) is 111 Å². The Morgan fingerprint density at radius 3 is 2.27 bits per heavy atom. The van der Waals surface area contributed by atoms with Gasteiger partial charge in [0, 0.05) is 12.0 Å². The molecule has 4 atom stereocenters. The monoisotopic (exact) mass is 551 g/mol. The molecule has 0 bridgehead atoms. The van der Waals surface area contributed by atoms with Crippen molar-refractivity contribution < 1.29 is 27.2 Å². The largest absolute Gasteiger partial charge is 0.496 e. The number of hydrogen-bond donors (Lipinski definition) is 2. The van der Waals surface area contributed by atoms with Gasteiger partial charge in [-0.05, 0) is 56.5 Å². The molecule has 0 spiro atoms. The predicted molar refractivity (Wildman–Crippen MR) is 146 cm³/mol. The summed E-state index contributed by atoms with van der Waals surface area (Å²) in [4.78, 5) is 26.7. The van der Waals surface area contributed by atoms with Crippen molar-refractivity contribution in [2.45, 2.75) is 102 Å². The van der Waals surface area contributed by atoms with Gasteiger partial charge >= 0.3 is 0 Å². The molecular formula is C27H43N2O6SSi. The molecule has 37 heavy (non-hydrogen) atoms. The van der Waals surface area contributed by atoms with E-state index >= 15 is 0 Å². The van der Waals surface area contributed by atoms with Crippen LogP contribution in [0.2, 0.25) is 13.1 Å². The molecule has 1 aliphatic heterocycles. The normalized spacial score (nSPS) is 23.6. The second kappa shape index (κ2) is 11.2. The quantitative estimate of drug-likeness (QED) is 0.255. The number of carbonyl (C=O) groups is 2. The first kappa shape index (κ1) is 29.8. The lowest BCUT2D eigenvalue weighted by Gasteiger charge is -2.55. The van der Waals surface area contributed by atoms with E-state index in [9.17, 15) is 18.0 Å². The summed E-state index contributed by atoms with van der Waals surface area (Å²) < 4.78 is 41.0. The Labute approximate surface area is 224 Å². The second-order valence-corrected chi connectivity index (χ2v) is 15.6. The number of sulfonamides is 1. The molecule has 2 fully saturated rings. The van der Waals surface area contributed by atoms with Crippen LogP contribution in [0, 0.1) is 17.3 Å². The zero-order chi connectivity index (χ0) is 27.8. The van der Waals surface area contributed by atoms with Crippen molar-refractivity contribution in [3.8, 4) is 5.75 Å². The maximum Gasteiger partial charge on any atom is 0.240 e. The Balaban J connectivity index is 1.91. The molecule has 0 aromatic heterocycles. The molecule has 1 heterocycles. The number of nitrogens with one attached hydrogen (secondary N) is 2. The van der Waals surface area contributed by atoms with Crippen LogP contribution in [0.4, 0.5) is 0 Å². The summed E-state index contributed by atoms with van der Waals surface area (Å²) in [5, 5.41) is 2.93. The van der Waals surface area contributed by atoms with Crippen molar-refractivity contribution in [3.05, 3.63) is 23.8 Å². The number of hydrogen-bond acceptors (Lipinski definition) is 6. The average Bonchev–Trinajstić information content (AvgIpc) is 2.80. The average molecular weight is 552 g/mol. The van der Waals surface area contributed by atoms with Crippen molar-refractivity contribution in [2.24, 2.45) is 17.3 Å². The van der Waals surface area contributed by atoms with Crippen LogP contribution in [0.15, 0.2) is 23.1 Å².